The maximum Gasteiger partial charge on any atom is 0.118 e. The molecule has 0 fully saturated rings. The van der Waals surface area contributed by atoms with Crippen LogP contribution in [0.2, 0.25) is 0 Å². The second-order valence-corrected chi connectivity index (χ2v) is 5.46. The van der Waals surface area contributed by atoms with Gasteiger partial charge in [0.2, 0.25) is 0 Å². The van der Waals surface area contributed by atoms with E-state index in [1.165, 1.54) is 0 Å². The molecule has 0 bridgehead atoms. The fourth-order valence-corrected chi connectivity index (χ4v) is 3.07. The zero-order chi connectivity index (χ0) is 15.1. The molecule has 0 aliphatic carbocycles. The summed E-state index contributed by atoms with van der Waals surface area (Å²) in [6.07, 6.45) is 0. The lowest BCUT2D eigenvalue weighted by atomic mass is 10.1. The van der Waals surface area contributed by atoms with Crippen molar-refractivity contribution in [2.45, 2.75) is 0 Å². The number of aromatic nitrogens is 1. The van der Waals surface area contributed by atoms with E-state index in [-0.39, 0.29) is 5.75 Å². The molecule has 0 aliphatic heterocycles. The molecule has 3 aromatic carbocycles. The van der Waals surface area contributed by atoms with Crippen molar-refractivity contribution in [3.05, 3.63) is 66.7 Å². The van der Waals surface area contributed by atoms with Gasteiger partial charge in [0.15, 0.2) is 0 Å². The molecule has 0 atom stereocenters. The molecule has 3 nitrogen and oxygen atoms in total. The van der Waals surface area contributed by atoms with Gasteiger partial charge < -0.3 is 15.0 Å². The summed E-state index contributed by atoms with van der Waals surface area (Å²) in [5.41, 5.74) is 4.14. The summed E-state index contributed by atoms with van der Waals surface area (Å²) in [6, 6.07) is 21.8. The monoisotopic (exact) mass is 288 g/mol. The topological polar surface area (TPSA) is 37.2 Å². The third-order valence-electron chi connectivity index (χ3n) is 4.04. The molecule has 0 spiro atoms. The number of phenols is 1. The lowest BCUT2D eigenvalue weighted by molar-refractivity contribution is 0.476. The highest BCUT2D eigenvalue weighted by Gasteiger charge is 2.13. The fourth-order valence-electron chi connectivity index (χ4n) is 3.07. The average Bonchev–Trinajstić information content (AvgIpc) is 2.82. The highest BCUT2D eigenvalue weighted by atomic mass is 16.3. The van der Waals surface area contributed by atoms with Gasteiger partial charge in [0.25, 0.3) is 0 Å². The van der Waals surface area contributed by atoms with Gasteiger partial charge in [-0.25, -0.2) is 0 Å². The predicted molar refractivity (Wildman–Crippen MR) is 91.8 cm³/mol. The summed E-state index contributed by atoms with van der Waals surface area (Å²) < 4.78 is 2.16. The summed E-state index contributed by atoms with van der Waals surface area (Å²) >= 11 is 0. The van der Waals surface area contributed by atoms with Crippen molar-refractivity contribution >= 4 is 33.2 Å². The lowest BCUT2D eigenvalue weighted by Gasteiger charge is -2.10. The first kappa shape index (κ1) is 12.8. The van der Waals surface area contributed by atoms with Crippen molar-refractivity contribution < 1.29 is 5.11 Å². The van der Waals surface area contributed by atoms with Crippen molar-refractivity contribution in [1.29, 1.82) is 0 Å². The molecule has 1 heterocycles. The van der Waals surface area contributed by atoms with Gasteiger partial charge in [-0.3, -0.25) is 0 Å². The first-order valence-electron chi connectivity index (χ1n) is 7.26. The van der Waals surface area contributed by atoms with E-state index in [9.17, 15) is 5.11 Å². The number of aryl methyl sites for hydroxylation is 1. The number of anilines is 2. The van der Waals surface area contributed by atoms with Crippen LogP contribution in [-0.2, 0) is 7.05 Å². The predicted octanol–water partition coefficient (Wildman–Crippen LogP) is 4.78. The largest absolute Gasteiger partial charge is 0.508 e. The first-order chi connectivity index (χ1) is 10.7. The van der Waals surface area contributed by atoms with Crippen LogP contribution in [0.25, 0.3) is 21.8 Å². The molecular formula is C19H16N2O. The summed E-state index contributed by atoms with van der Waals surface area (Å²) in [5, 5.41) is 15.7. The number of phenolic OH excluding ortho intramolecular Hbond substituents is 1. The van der Waals surface area contributed by atoms with Gasteiger partial charge in [-0.2, -0.15) is 0 Å². The van der Waals surface area contributed by atoms with E-state index in [4.69, 9.17) is 0 Å². The molecule has 0 aliphatic rings. The van der Waals surface area contributed by atoms with Crippen molar-refractivity contribution in [2.75, 3.05) is 5.32 Å². The SMILES string of the molecule is Cn1c2ccccc2c2cc(O)cc(Nc3ccccc3)c21. The normalized spacial score (nSPS) is 11.1. The van der Waals surface area contributed by atoms with Gasteiger partial charge in [0.1, 0.15) is 5.75 Å². The van der Waals surface area contributed by atoms with Crippen LogP contribution >= 0.6 is 0 Å². The van der Waals surface area contributed by atoms with Crippen LogP contribution in [0.4, 0.5) is 11.4 Å². The Morgan fingerprint density at radius 1 is 0.864 bits per heavy atom. The molecule has 2 N–H and O–H groups in total. The van der Waals surface area contributed by atoms with E-state index in [0.29, 0.717) is 0 Å². The minimum absolute atomic E-state index is 0.266. The third kappa shape index (κ3) is 1.91. The molecule has 0 saturated carbocycles. The van der Waals surface area contributed by atoms with E-state index in [2.05, 4.69) is 29.1 Å². The Morgan fingerprint density at radius 3 is 2.41 bits per heavy atom. The summed E-state index contributed by atoms with van der Waals surface area (Å²) in [5.74, 6) is 0.266. The second kappa shape index (κ2) is 4.81. The zero-order valence-corrected chi connectivity index (χ0v) is 12.2. The number of para-hydroxylation sites is 2. The Labute approximate surface area is 128 Å². The number of aromatic hydroxyl groups is 1. The van der Waals surface area contributed by atoms with Crippen LogP contribution in [-0.4, -0.2) is 9.67 Å². The van der Waals surface area contributed by atoms with Gasteiger partial charge in [-0.15, -0.1) is 0 Å². The van der Waals surface area contributed by atoms with Gasteiger partial charge in [0, 0.05) is 35.1 Å². The minimum Gasteiger partial charge on any atom is -0.508 e. The fraction of sp³-hybridized carbons (Fsp3) is 0.0526. The molecule has 1 aromatic heterocycles. The van der Waals surface area contributed by atoms with Gasteiger partial charge in [-0.1, -0.05) is 36.4 Å². The standard InChI is InChI=1S/C19H16N2O/c1-21-18-10-6-5-9-15(18)16-11-14(22)12-17(19(16)21)20-13-7-3-2-4-8-13/h2-12,20,22H,1H3. The Bertz CT molecular complexity index is 971. The molecule has 0 unspecified atom stereocenters. The van der Waals surface area contributed by atoms with Gasteiger partial charge >= 0.3 is 0 Å². The van der Waals surface area contributed by atoms with E-state index in [1.807, 2.05) is 48.5 Å². The highest BCUT2D eigenvalue weighted by molar-refractivity contribution is 6.12. The molecule has 4 aromatic rings. The Morgan fingerprint density at radius 2 is 1.59 bits per heavy atom. The number of rotatable bonds is 2. The number of benzene rings is 3. The third-order valence-corrected chi connectivity index (χ3v) is 4.04. The first-order valence-corrected chi connectivity index (χ1v) is 7.26. The molecule has 0 amide bonds. The smallest absolute Gasteiger partial charge is 0.118 e. The highest BCUT2D eigenvalue weighted by Crippen LogP contribution is 2.37. The maximum absolute atomic E-state index is 10.1. The van der Waals surface area contributed by atoms with Crippen LogP contribution in [0.1, 0.15) is 0 Å². The molecule has 0 radical (unpaired) electrons. The van der Waals surface area contributed by atoms with Crippen molar-refractivity contribution in [1.82, 2.24) is 4.57 Å². The van der Waals surface area contributed by atoms with E-state index in [1.54, 1.807) is 6.07 Å². The summed E-state index contributed by atoms with van der Waals surface area (Å²) in [4.78, 5) is 0. The average molecular weight is 288 g/mol. The molecule has 4 rings (SSSR count). The number of hydrogen-bond acceptors (Lipinski definition) is 2. The van der Waals surface area contributed by atoms with Crippen LogP contribution < -0.4 is 5.32 Å². The zero-order valence-electron chi connectivity index (χ0n) is 12.2. The summed E-state index contributed by atoms with van der Waals surface area (Å²) in [6.45, 7) is 0. The summed E-state index contributed by atoms with van der Waals surface area (Å²) in [7, 11) is 2.05. The lowest BCUT2D eigenvalue weighted by Crippen LogP contribution is -1.95. The minimum atomic E-state index is 0.266. The van der Waals surface area contributed by atoms with Crippen LogP contribution in [0.15, 0.2) is 66.7 Å². The number of fused-ring (bicyclic) bond motifs is 3. The van der Waals surface area contributed by atoms with Gasteiger partial charge in [-0.05, 0) is 24.3 Å². The molecule has 22 heavy (non-hydrogen) atoms. The van der Waals surface area contributed by atoms with Crippen molar-refractivity contribution in [2.24, 2.45) is 7.05 Å². The Balaban J connectivity index is 2.02. The molecule has 108 valence electrons. The number of nitrogens with one attached hydrogen (secondary N) is 1. The number of hydrogen-bond donors (Lipinski definition) is 2. The molecule has 0 saturated heterocycles. The van der Waals surface area contributed by atoms with Crippen molar-refractivity contribution in [3.63, 3.8) is 0 Å². The Hall–Kier alpha value is -2.94. The van der Waals surface area contributed by atoms with E-state index in [0.717, 1.165) is 33.2 Å². The van der Waals surface area contributed by atoms with E-state index < -0.39 is 0 Å². The van der Waals surface area contributed by atoms with Crippen LogP contribution in [0.5, 0.6) is 5.75 Å². The maximum atomic E-state index is 10.1. The van der Waals surface area contributed by atoms with Crippen LogP contribution in [0.3, 0.4) is 0 Å². The molecular weight excluding hydrogens is 272 g/mol. The number of nitrogens with zero attached hydrogens (tertiary/aromatic N) is 1. The van der Waals surface area contributed by atoms with Crippen LogP contribution in [0, 0.1) is 0 Å². The van der Waals surface area contributed by atoms with Crippen molar-refractivity contribution in [3.8, 4) is 5.75 Å². The van der Waals surface area contributed by atoms with E-state index >= 15 is 0 Å². The second-order valence-electron chi connectivity index (χ2n) is 5.46. The Kier molecular flexibility index (Phi) is 2.79. The quantitative estimate of drug-likeness (QED) is 0.557. The van der Waals surface area contributed by atoms with Gasteiger partial charge in [0.05, 0.1) is 11.2 Å². The molecule has 3 heteroatoms.